The van der Waals surface area contributed by atoms with Crippen LogP contribution in [0.15, 0.2) is 41.3 Å². The van der Waals surface area contributed by atoms with Gasteiger partial charge in [0.05, 0.1) is 6.61 Å². The Morgan fingerprint density at radius 3 is 2.49 bits per heavy atom. The Balaban J connectivity index is 2.02. The average Bonchev–Trinajstić information content (AvgIpc) is 2.82. The van der Waals surface area contributed by atoms with Gasteiger partial charge >= 0.3 is 5.51 Å². The van der Waals surface area contributed by atoms with E-state index in [0.29, 0.717) is 43.7 Å². The fraction of sp³-hybridized carbons (Fsp3) is 0.429. The van der Waals surface area contributed by atoms with E-state index in [9.17, 15) is 22.8 Å². The van der Waals surface area contributed by atoms with Crippen molar-refractivity contribution in [2.45, 2.75) is 43.5 Å². The lowest BCUT2D eigenvalue weighted by atomic mass is 9.96. The molecular formula is C28H35F3N2O3S. The summed E-state index contributed by atoms with van der Waals surface area (Å²) in [5.41, 5.74) is -2.51. The zero-order valence-electron chi connectivity index (χ0n) is 21.8. The van der Waals surface area contributed by atoms with Crippen LogP contribution < -0.4 is 15.8 Å². The number of methoxy groups -OCH3 is 1. The summed E-state index contributed by atoms with van der Waals surface area (Å²) in [6, 6.07) is 9.28. The molecule has 1 atom stereocenters. The molecule has 0 aliphatic rings. The largest absolute Gasteiger partial charge is 0.446 e. The number of halogens is 3. The predicted octanol–water partition coefficient (Wildman–Crippen LogP) is 4.75. The highest BCUT2D eigenvalue weighted by Crippen LogP contribution is 2.36. The van der Waals surface area contributed by atoms with E-state index in [0.717, 1.165) is 22.4 Å². The van der Waals surface area contributed by atoms with Gasteiger partial charge in [0.25, 0.3) is 5.91 Å². The Morgan fingerprint density at radius 1 is 1.22 bits per heavy atom. The Bertz CT molecular complexity index is 1170. The number of ether oxygens (including phenoxy) is 1. The van der Waals surface area contributed by atoms with E-state index in [2.05, 4.69) is 18.8 Å². The molecule has 37 heavy (non-hydrogen) atoms. The van der Waals surface area contributed by atoms with Gasteiger partial charge in [-0.3, -0.25) is 9.59 Å². The second-order valence-corrected chi connectivity index (χ2v) is 10.1. The van der Waals surface area contributed by atoms with E-state index < -0.39 is 5.51 Å². The van der Waals surface area contributed by atoms with Crippen LogP contribution in [0, 0.1) is 12.8 Å². The van der Waals surface area contributed by atoms with Gasteiger partial charge in [0.15, 0.2) is 5.78 Å². The first-order valence-electron chi connectivity index (χ1n) is 12.1. The van der Waals surface area contributed by atoms with Gasteiger partial charge < -0.3 is 15.0 Å². The van der Waals surface area contributed by atoms with Crippen molar-refractivity contribution < 1.29 is 27.5 Å². The van der Waals surface area contributed by atoms with Crippen LogP contribution in [-0.4, -0.2) is 56.0 Å². The number of alkyl halides is 3. The van der Waals surface area contributed by atoms with Crippen molar-refractivity contribution in [1.82, 2.24) is 10.2 Å². The van der Waals surface area contributed by atoms with Crippen molar-refractivity contribution in [2.24, 2.45) is 5.92 Å². The van der Waals surface area contributed by atoms with Crippen molar-refractivity contribution in [3.05, 3.63) is 63.5 Å². The molecule has 202 valence electrons. The lowest BCUT2D eigenvalue weighted by Gasteiger charge is -2.22. The van der Waals surface area contributed by atoms with Crippen LogP contribution in [0.2, 0.25) is 0 Å². The maximum Gasteiger partial charge on any atom is 0.446 e. The molecular weight excluding hydrogens is 501 g/mol. The topological polar surface area (TPSA) is 58.6 Å². The summed E-state index contributed by atoms with van der Waals surface area (Å²) in [5, 5.41) is 4.49. The normalized spacial score (nSPS) is 12.9. The minimum atomic E-state index is -4.35. The standard InChI is InChI=1S/C28H35F3N2O3S/c1-6-21(7-12-26(34)22-8-10-24(11-9-22)37-28(29,30)31)17-33(4)18-23-16-25(20(3)15-19(23)2)27(35)32-13-14-36-5/h8-11,15-16,18,21H,2,6-7,12-14,17H2,1,3-5H3,(H,32,35)/b23-18-. The number of Topliss-reactive ketones (excluding diaryl/α,β-unsaturated/α-hetero) is 1. The number of aryl methyl sites for hydroxylation is 1. The first-order chi connectivity index (χ1) is 17.4. The second-order valence-electron chi connectivity index (χ2n) is 8.99. The van der Waals surface area contributed by atoms with Gasteiger partial charge in [-0.25, -0.2) is 0 Å². The third-order valence-corrected chi connectivity index (χ3v) is 6.73. The molecule has 0 fully saturated rings. The van der Waals surface area contributed by atoms with Gasteiger partial charge in [0.2, 0.25) is 0 Å². The summed E-state index contributed by atoms with van der Waals surface area (Å²) in [7, 11) is 3.52. The second kappa shape index (κ2) is 14.2. The number of nitrogens with one attached hydrogen (secondary N) is 1. The number of ketones is 1. The molecule has 0 saturated carbocycles. The van der Waals surface area contributed by atoms with E-state index >= 15 is 0 Å². The number of carbonyl (C=O) groups excluding carboxylic acids is 2. The monoisotopic (exact) mass is 536 g/mol. The van der Waals surface area contributed by atoms with Crippen molar-refractivity contribution in [3.63, 3.8) is 0 Å². The molecule has 0 aliphatic carbocycles. The number of rotatable bonds is 13. The minimum Gasteiger partial charge on any atom is -0.383 e. The molecule has 1 N–H and O–H groups in total. The molecule has 0 heterocycles. The zero-order valence-corrected chi connectivity index (χ0v) is 22.6. The maximum absolute atomic E-state index is 12.6. The number of carbonyl (C=O) groups is 2. The van der Waals surface area contributed by atoms with E-state index in [1.807, 2.05) is 37.2 Å². The molecule has 0 aromatic heterocycles. The lowest BCUT2D eigenvalue weighted by molar-refractivity contribution is -0.0328. The fourth-order valence-corrected chi connectivity index (χ4v) is 4.49. The summed E-state index contributed by atoms with van der Waals surface area (Å²) in [5.74, 6) is -0.0148. The summed E-state index contributed by atoms with van der Waals surface area (Å²) in [6.45, 7) is 9.61. The molecule has 5 nitrogen and oxygen atoms in total. The molecule has 0 radical (unpaired) electrons. The number of hydrogen-bond donors (Lipinski definition) is 1. The summed E-state index contributed by atoms with van der Waals surface area (Å²) in [6.07, 6.45) is 3.79. The highest BCUT2D eigenvalue weighted by Gasteiger charge is 2.29. The van der Waals surface area contributed by atoms with Gasteiger partial charge in [-0.15, -0.1) is 0 Å². The molecule has 0 spiro atoms. The molecule has 1 amide bonds. The number of benzene rings is 2. The van der Waals surface area contributed by atoms with Crippen LogP contribution in [0.4, 0.5) is 13.2 Å². The first kappa shape index (κ1) is 30.4. The minimum absolute atomic E-state index is 0.0594. The molecule has 0 bridgehead atoms. The predicted molar refractivity (Wildman–Crippen MR) is 143 cm³/mol. The SMILES string of the molecule is C=c1cc(C)c(C(=O)NCCOC)c/c1=C/N(C)CC(CC)CCC(=O)c1ccc(SC(F)(F)F)cc1. The zero-order chi connectivity index (χ0) is 27.6. The van der Waals surface area contributed by atoms with Crippen molar-refractivity contribution in [1.29, 1.82) is 0 Å². The van der Waals surface area contributed by atoms with Crippen LogP contribution in [0.25, 0.3) is 12.8 Å². The molecule has 0 aliphatic heterocycles. The van der Waals surface area contributed by atoms with E-state index in [1.165, 1.54) is 24.3 Å². The molecule has 2 aromatic rings. The molecule has 1 unspecified atom stereocenters. The Morgan fingerprint density at radius 2 is 1.89 bits per heavy atom. The molecule has 2 aromatic carbocycles. The summed E-state index contributed by atoms with van der Waals surface area (Å²) >= 11 is -0.193. The fourth-order valence-electron chi connectivity index (χ4n) is 3.96. The van der Waals surface area contributed by atoms with E-state index in [4.69, 9.17) is 4.74 Å². The number of nitrogens with zero attached hydrogens (tertiary/aromatic N) is 1. The Labute approximate surface area is 220 Å². The van der Waals surface area contributed by atoms with Gasteiger partial charge in [0, 0.05) is 55.9 Å². The quantitative estimate of drug-likeness (QED) is 0.227. The number of thioether (sulfide) groups is 1. The van der Waals surface area contributed by atoms with Crippen molar-refractivity contribution >= 4 is 36.2 Å². The number of amides is 1. The van der Waals surface area contributed by atoms with E-state index in [-0.39, 0.29) is 34.3 Å². The van der Waals surface area contributed by atoms with Crippen LogP contribution in [0.1, 0.15) is 52.5 Å². The van der Waals surface area contributed by atoms with Crippen molar-refractivity contribution in [2.75, 3.05) is 33.9 Å². The Hall–Kier alpha value is -2.78. The third-order valence-electron chi connectivity index (χ3n) is 6.00. The van der Waals surface area contributed by atoms with E-state index in [1.54, 1.807) is 7.11 Å². The summed E-state index contributed by atoms with van der Waals surface area (Å²) < 4.78 is 42.5. The molecule has 0 saturated heterocycles. The van der Waals surface area contributed by atoms with Gasteiger partial charge in [-0.2, -0.15) is 13.2 Å². The van der Waals surface area contributed by atoms with Crippen molar-refractivity contribution in [3.8, 4) is 0 Å². The molecule has 9 heteroatoms. The van der Waals surface area contributed by atoms with Crippen LogP contribution >= 0.6 is 11.8 Å². The third kappa shape index (κ3) is 10.2. The van der Waals surface area contributed by atoms with Gasteiger partial charge in [0.1, 0.15) is 0 Å². The highest BCUT2D eigenvalue weighted by molar-refractivity contribution is 8.00. The van der Waals surface area contributed by atoms with Crippen LogP contribution in [-0.2, 0) is 4.74 Å². The maximum atomic E-state index is 12.6. The lowest BCUT2D eigenvalue weighted by Crippen LogP contribution is -2.33. The van der Waals surface area contributed by atoms with Crippen LogP contribution in [0.5, 0.6) is 0 Å². The number of hydrogen-bond acceptors (Lipinski definition) is 5. The Kier molecular flexibility index (Phi) is 11.7. The van der Waals surface area contributed by atoms with Crippen LogP contribution in [0.3, 0.4) is 0 Å². The molecule has 2 rings (SSSR count). The highest BCUT2D eigenvalue weighted by atomic mass is 32.2. The average molecular weight is 537 g/mol. The first-order valence-corrected chi connectivity index (χ1v) is 12.9. The summed E-state index contributed by atoms with van der Waals surface area (Å²) in [4.78, 5) is 27.3. The smallest absolute Gasteiger partial charge is 0.383 e. The van der Waals surface area contributed by atoms with Gasteiger partial charge in [-0.05, 0) is 65.2 Å². The van der Waals surface area contributed by atoms with Gasteiger partial charge in [-0.1, -0.05) is 38.1 Å².